The van der Waals surface area contributed by atoms with E-state index in [1.165, 1.54) is 0 Å². The second-order valence-electron chi connectivity index (χ2n) is 2.16. The Labute approximate surface area is 57.6 Å². The summed E-state index contributed by atoms with van der Waals surface area (Å²) < 4.78 is 18.2. The molecule has 1 unspecified atom stereocenters. The summed E-state index contributed by atoms with van der Waals surface area (Å²) in [7, 11) is -2.18. The molecule has 0 aromatic rings. The lowest BCUT2D eigenvalue weighted by atomic mass is 10.4. The average Bonchev–Trinajstić information content (AvgIpc) is 1.84. The lowest BCUT2D eigenvalue weighted by Crippen LogP contribution is -2.05. The van der Waals surface area contributed by atoms with E-state index in [1.807, 2.05) is 13.8 Å². The molecule has 0 amide bonds. The molecule has 56 valence electrons. The third kappa shape index (κ3) is 4.45. The predicted molar refractivity (Wildman–Crippen MR) is 41.2 cm³/mol. The quantitative estimate of drug-likeness (QED) is 0.651. The Morgan fingerprint density at radius 1 is 1.44 bits per heavy atom. The van der Waals surface area contributed by atoms with Crippen LogP contribution < -0.4 is 0 Å². The summed E-state index contributed by atoms with van der Waals surface area (Å²) in [5, 5.41) is 0. The second-order valence-corrected chi connectivity index (χ2v) is 4.77. The summed E-state index contributed by atoms with van der Waals surface area (Å²) in [6.07, 6.45) is 1.96. The predicted octanol–water partition coefficient (Wildman–Crippen LogP) is 1.85. The van der Waals surface area contributed by atoms with Crippen molar-refractivity contribution < 1.29 is 4.21 Å². The van der Waals surface area contributed by atoms with Gasteiger partial charge in [0.05, 0.1) is 0 Å². The van der Waals surface area contributed by atoms with Crippen molar-refractivity contribution in [3.8, 4) is 0 Å². The van der Waals surface area contributed by atoms with Gasteiger partial charge in [0.1, 0.15) is 0 Å². The molecule has 0 aliphatic heterocycles. The molecule has 1 N–H and O–H groups in total. The number of hydrogen-bond donors (Lipinski definition) is 1. The van der Waals surface area contributed by atoms with Crippen molar-refractivity contribution in [2.45, 2.75) is 26.7 Å². The van der Waals surface area contributed by atoms with Gasteiger partial charge in [-0.3, -0.25) is 4.78 Å². The first-order chi connectivity index (χ1) is 4.12. The lowest BCUT2D eigenvalue weighted by molar-refractivity contribution is 0.671. The molecule has 0 spiro atoms. The zero-order valence-corrected chi connectivity index (χ0v) is 6.96. The standard InChI is InChI=1S/C6H15NOS/c1-3-5-6-9(7,8)4-2/h7H,3-6H2,1-2H3. The second kappa shape index (κ2) is 3.88. The van der Waals surface area contributed by atoms with Gasteiger partial charge in [-0.25, -0.2) is 4.21 Å². The molecule has 0 saturated heterocycles. The molecule has 0 radical (unpaired) electrons. The van der Waals surface area contributed by atoms with Crippen molar-refractivity contribution >= 4 is 9.73 Å². The smallest absolute Gasteiger partial charge is 0.0438 e. The molecule has 1 atom stereocenters. The summed E-state index contributed by atoms with van der Waals surface area (Å²) >= 11 is 0. The van der Waals surface area contributed by atoms with Gasteiger partial charge in [-0.1, -0.05) is 20.3 Å². The van der Waals surface area contributed by atoms with E-state index >= 15 is 0 Å². The lowest BCUT2D eigenvalue weighted by Gasteiger charge is -2.00. The van der Waals surface area contributed by atoms with Gasteiger partial charge in [-0.05, 0) is 6.42 Å². The highest BCUT2D eigenvalue weighted by Gasteiger charge is 1.99. The molecule has 0 fully saturated rings. The van der Waals surface area contributed by atoms with E-state index in [9.17, 15) is 4.21 Å². The van der Waals surface area contributed by atoms with E-state index in [1.54, 1.807) is 0 Å². The molecular weight excluding hydrogens is 134 g/mol. The van der Waals surface area contributed by atoms with Crippen LogP contribution in [0.25, 0.3) is 0 Å². The van der Waals surface area contributed by atoms with Crippen molar-refractivity contribution in [1.29, 1.82) is 4.78 Å². The third-order valence-electron chi connectivity index (χ3n) is 1.29. The van der Waals surface area contributed by atoms with Crippen LogP contribution in [0.1, 0.15) is 26.7 Å². The van der Waals surface area contributed by atoms with Gasteiger partial charge in [0, 0.05) is 21.2 Å². The minimum atomic E-state index is -2.18. The highest BCUT2D eigenvalue weighted by molar-refractivity contribution is 7.92. The van der Waals surface area contributed by atoms with E-state index in [4.69, 9.17) is 4.78 Å². The topological polar surface area (TPSA) is 40.9 Å². The maximum absolute atomic E-state index is 11.0. The van der Waals surface area contributed by atoms with Crippen LogP contribution in [0.2, 0.25) is 0 Å². The van der Waals surface area contributed by atoms with Crippen LogP contribution in [-0.4, -0.2) is 15.7 Å². The molecule has 0 rings (SSSR count). The van der Waals surface area contributed by atoms with E-state index in [2.05, 4.69) is 0 Å². The third-order valence-corrected chi connectivity index (χ3v) is 3.17. The van der Waals surface area contributed by atoms with Crippen LogP contribution in [-0.2, 0) is 9.73 Å². The molecule has 0 aromatic carbocycles. The van der Waals surface area contributed by atoms with Gasteiger partial charge in [-0.15, -0.1) is 0 Å². The van der Waals surface area contributed by atoms with E-state index < -0.39 is 9.73 Å². The van der Waals surface area contributed by atoms with Crippen LogP contribution >= 0.6 is 0 Å². The number of rotatable bonds is 4. The summed E-state index contributed by atoms with van der Waals surface area (Å²) in [5.41, 5.74) is 0. The fraction of sp³-hybridized carbons (Fsp3) is 1.00. The first-order valence-electron chi connectivity index (χ1n) is 3.36. The van der Waals surface area contributed by atoms with Crippen LogP contribution in [0.4, 0.5) is 0 Å². The monoisotopic (exact) mass is 149 g/mol. The highest BCUT2D eigenvalue weighted by Crippen LogP contribution is 1.96. The Kier molecular flexibility index (Phi) is 3.86. The molecule has 0 saturated carbocycles. The Balaban J connectivity index is 3.61. The average molecular weight is 149 g/mol. The van der Waals surface area contributed by atoms with Crippen molar-refractivity contribution in [3.63, 3.8) is 0 Å². The number of nitrogens with one attached hydrogen (secondary N) is 1. The Morgan fingerprint density at radius 2 is 2.00 bits per heavy atom. The fourth-order valence-electron chi connectivity index (χ4n) is 0.522. The van der Waals surface area contributed by atoms with Gasteiger partial charge in [0.15, 0.2) is 0 Å². The largest absolute Gasteiger partial charge is 0.253 e. The van der Waals surface area contributed by atoms with Gasteiger partial charge in [0.2, 0.25) is 0 Å². The first-order valence-corrected chi connectivity index (χ1v) is 5.26. The molecule has 0 aliphatic carbocycles. The van der Waals surface area contributed by atoms with Gasteiger partial charge < -0.3 is 0 Å². The molecule has 0 aliphatic rings. The zero-order valence-electron chi connectivity index (χ0n) is 6.14. The summed E-state index contributed by atoms with van der Waals surface area (Å²) in [6.45, 7) is 3.86. The number of hydrogen-bond acceptors (Lipinski definition) is 2. The van der Waals surface area contributed by atoms with Crippen LogP contribution in [0, 0.1) is 4.78 Å². The van der Waals surface area contributed by atoms with Crippen molar-refractivity contribution in [2.24, 2.45) is 0 Å². The van der Waals surface area contributed by atoms with E-state index in [0.717, 1.165) is 12.8 Å². The first kappa shape index (κ1) is 8.95. The summed E-state index contributed by atoms with van der Waals surface area (Å²) in [5.74, 6) is 1.09. The highest BCUT2D eigenvalue weighted by atomic mass is 32.2. The summed E-state index contributed by atoms with van der Waals surface area (Å²) in [6, 6.07) is 0. The Bertz CT molecular complexity index is 148. The Morgan fingerprint density at radius 3 is 2.33 bits per heavy atom. The van der Waals surface area contributed by atoms with E-state index in [-0.39, 0.29) is 0 Å². The van der Waals surface area contributed by atoms with E-state index in [0.29, 0.717) is 11.5 Å². The molecule has 0 heterocycles. The van der Waals surface area contributed by atoms with Crippen molar-refractivity contribution in [1.82, 2.24) is 0 Å². The minimum absolute atomic E-state index is 0.507. The molecular formula is C6H15NOS. The summed E-state index contributed by atoms with van der Waals surface area (Å²) in [4.78, 5) is 0. The van der Waals surface area contributed by atoms with Crippen LogP contribution in [0.3, 0.4) is 0 Å². The van der Waals surface area contributed by atoms with Gasteiger partial charge in [0.25, 0.3) is 0 Å². The zero-order chi connectivity index (χ0) is 7.33. The van der Waals surface area contributed by atoms with Gasteiger partial charge in [-0.2, -0.15) is 0 Å². The minimum Gasteiger partial charge on any atom is -0.253 e. The maximum atomic E-state index is 11.0. The molecule has 2 nitrogen and oxygen atoms in total. The van der Waals surface area contributed by atoms with Gasteiger partial charge >= 0.3 is 0 Å². The molecule has 9 heavy (non-hydrogen) atoms. The van der Waals surface area contributed by atoms with Crippen molar-refractivity contribution in [2.75, 3.05) is 11.5 Å². The normalized spacial score (nSPS) is 17.1. The van der Waals surface area contributed by atoms with Crippen molar-refractivity contribution in [3.05, 3.63) is 0 Å². The van der Waals surface area contributed by atoms with Crippen LogP contribution in [0.5, 0.6) is 0 Å². The fourth-order valence-corrected chi connectivity index (χ4v) is 1.57. The molecule has 0 aromatic heterocycles. The Hall–Kier alpha value is -0.0500. The number of unbranched alkanes of at least 4 members (excludes halogenated alkanes) is 1. The molecule has 3 heteroatoms. The maximum Gasteiger partial charge on any atom is 0.0438 e. The molecule has 0 bridgehead atoms. The SMILES string of the molecule is CCCCS(=N)(=O)CC. The van der Waals surface area contributed by atoms with Crippen LogP contribution in [0.15, 0.2) is 0 Å².